The summed E-state index contributed by atoms with van der Waals surface area (Å²) >= 11 is 1.47. The summed E-state index contributed by atoms with van der Waals surface area (Å²) < 4.78 is 0. The molecule has 0 fully saturated rings. The first kappa shape index (κ1) is 16.7. The van der Waals surface area contributed by atoms with Crippen molar-refractivity contribution >= 4 is 28.8 Å². The maximum absolute atomic E-state index is 12.5. The molecule has 1 aliphatic heterocycles. The molecule has 2 aromatic rings. The number of nitrogens with one attached hydrogen (secondary N) is 1. The van der Waals surface area contributed by atoms with Crippen LogP contribution in [0.25, 0.3) is 0 Å². The zero-order valence-electron chi connectivity index (χ0n) is 13.7. The van der Waals surface area contributed by atoms with Gasteiger partial charge in [-0.25, -0.2) is 0 Å². The van der Waals surface area contributed by atoms with Gasteiger partial charge in [-0.2, -0.15) is 11.3 Å². The zero-order chi connectivity index (χ0) is 17.3. The Morgan fingerprint density at radius 1 is 1.38 bits per heavy atom. The van der Waals surface area contributed by atoms with Crippen LogP contribution in [0.2, 0.25) is 0 Å². The van der Waals surface area contributed by atoms with Crippen LogP contribution < -0.4 is 10.2 Å². The predicted molar refractivity (Wildman–Crippen MR) is 94.1 cm³/mol. The highest BCUT2D eigenvalue weighted by Crippen LogP contribution is 2.30. The van der Waals surface area contributed by atoms with Gasteiger partial charge in [0, 0.05) is 12.2 Å². The summed E-state index contributed by atoms with van der Waals surface area (Å²) in [5.41, 5.74) is 2.57. The van der Waals surface area contributed by atoms with Gasteiger partial charge < -0.3 is 15.3 Å². The molecule has 3 rings (SSSR count). The lowest BCUT2D eigenvalue weighted by Crippen LogP contribution is -2.46. The van der Waals surface area contributed by atoms with Crippen LogP contribution in [0, 0.1) is 6.92 Å². The van der Waals surface area contributed by atoms with E-state index in [0.717, 1.165) is 28.8 Å². The zero-order valence-corrected chi connectivity index (χ0v) is 14.5. The van der Waals surface area contributed by atoms with E-state index in [2.05, 4.69) is 5.32 Å². The number of hydrogen-bond donors (Lipinski definition) is 2. The van der Waals surface area contributed by atoms with E-state index in [-0.39, 0.29) is 6.54 Å². The topological polar surface area (TPSA) is 69.6 Å². The number of aryl methyl sites for hydroxylation is 1. The molecule has 5 nitrogen and oxygen atoms in total. The number of carbonyl (C=O) groups is 2. The lowest BCUT2D eigenvalue weighted by atomic mass is 9.99. The number of thiophene rings is 1. The molecule has 1 aliphatic rings. The van der Waals surface area contributed by atoms with E-state index < -0.39 is 17.4 Å². The average Bonchev–Trinajstić information content (AvgIpc) is 3.22. The summed E-state index contributed by atoms with van der Waals surface area (Å²) in [6.07, 6.45) is 0.758. The normalized spacial score (nSPS) is 15.7. The summed E-state index contributed by atoms with van der Waals surface area (Å²) in [5.74, 6) is -1.28. The molecule has 2 amide bonds. The van der Waals surface area contributed by atoms with Crippen LogP contribution in [0.5, 0.6) is 0 Å². The number of carbonyl (C=O) groups excluding carboxylic acids is 2. The summed E-state index contributed by atoms with van der Waals surface area (Å²) in [6, 6.07) is 7.56. The second kappa shape index (κ2) is 6.37. The van der Waals surface area contributed by atoms with Gasteiger partial charge in [-0.1, -0.05) is 12.1 Å². The molecule has 1 unspecified atom stereocenters. The van der Waals surface area contributed by atoms with Crippen molar-refractivity contribution in [1.29, 1.82) is 0 Å². The predicted octanol–water partition coefficient (Wildman–Crippen LogP) is 1.97. The highest BCUT2D eigenvalue weighted by atomic mass is 32.1. The molecule has 1 aromatic heterocycles. The molecule has 24 heavy (non-hydrogen) atoms. The van der Waals surface area contributed by atoms with Crippen molar-refractivity contribution in [2.75, 3.05) is 18.0 Å². The minimum absolute atomic E-state index is 0.0111. The van der Waals surface area contributed by atoms with Gasteiger partial charge in [0.1, 0.15) is 5.60 Å². The largest absolute Gasteiger partial charge is 0.384 e. The van der Waals surface area contributed by atoms with Gasteiger partial charge in [-0.3, -0.25) is 9.59 Å². The molecule has 126 valence electrons. The van der Waals surface area contributed by atoms with Crippen molar-refractivity contribution in [3.05, 3.63) is 51.7 Å². The standard InChI is InChI=1S/C18H20N2O3S/c1-12-4-3-5-15-14(12)6-8-20(15)17(22)16(21)19-11-18(2,23)13-7-9-24-10-13/h3-5,7,9-10,23H,6,8,11H2,1-2H3,(H,19,21). The minimum Gasteiger partial charge on any atom is -0.384 e. The van der Waals surface area contributed by atoms with Crippen LogP contribution >= 0.6 is 11.3 Å². The second-order valence-corrected chi connectivity index (χ2v) is 7.03. The Kier molecular flexibility index (Phi) is 4.43. The molecule has 0 saturated heterocycles. The average molecular weight is 344 g/mol. The molecule has 2 heterocycles. The summed E-state index contributed by atoms with van der Waals surface area (Å²) in [4.78, 5) is 26.2. The fraction of sp³-hybridized carbons (Fsp3) is 0.333. The van der Waals surface area contributed by atoms with Gasteiger partial charge in [0.25, 0.3) is 0 Å². The lowest BCUT2D eigenvalue weighted by Gasteiger charge is -2.23. The van der Waals surface area contributed by atoms with Crippen molar-refractivity contribution in [3.63, 3.8) is 0 Å². The third kappa shape index (κ3) is 3.07. The van der Waals surface area contributed by atoms with Gasteiger partial charge in [0.05, 0.1) is 6.54 Å². The molecular formula is C18H20N2O3S. The van der Waals surface area contributed by atoms with Gasteiger partial charge >= 0.3 is 11.8 Å². The fourth-order valence-corrected chi connectivity index (χ4v) is 3.73. The number of rotatable bonds is 3. The molecule has 0 saturated carbocycles. The van der Waals surface area contributed by atoms with Gasteiger partial charge in [0.15, 0.2) is 0 Å². The number of aliphatic hydroxyl groups is 1. The van der Waals surface area contributed by atoms with E-state index in [1.165, 1.54) is 16.2 Å². The molecule has 0 aliphatic carbocycles. The van der Waals surface area contributed by atoms with E-state index in [1.54, 1.807) is 13.0 Å². The van der Waals surface area contributed by atoms with Crippen LogP contribution in [0.1, 0.15) is 23.6 Å². The first-order chi connectivity index (χ1) is 11.4. The van der Waals surface area contributed by atoms with Crippen molar-refractivity contribution in [3.8, 4) is 0 Å². The van der Waals surface area contributed by atoms with E-state index >= 15 is 0 Å². The quantitative estimate of drug-likeness (QED) is 0.837. The maximum atomic E-state index is 12.5. The number of nitrogens with zero attached hydrogens (tertiary/aromatic N) is 1. The second-order valence-electron chi connectivity index (χ2n) is 6.25. The molecule has 1 aromatic carbocycles. The SMILES string of the molecule is Cc1cccc2c1CCN2C(=O)C(=O)NCC(C)(O)c1ccsc1. The Bertz CT molecular complexity index is 769. The van der Waals surface area contributed by atoms with Crippen LogP contribution in [0.3, 0.4) is 0 Å². The third-order valence-corrected chi connectivity index (χ3v) is 5.12. The smallest absolute Gasteiger partial charge is 0.316 e. The Labute approximate surface area is 144 Å². The summed E-state index contributed by atoms with van der Waals surface area (Å²) in [6.45, 7) is 4.12. The van der Waals surface area contributed by atoms with Gasteiger partial charge in [-0.05, 0) is 59.9 Å². The molecule has 6 heteroatoms. The molecule has 1 atom stereocenters. The molecular weight excluding hydrogens is 324 g/mol. The molecule has 2 N–H and O–H groups in total. The number of hydrogen-bond acceptors (Lipinski definition) is 4. The Morgan fingerprint density at radius 2 is 2.17 bits per heavy atom. The van der Waals surface area contributed by atoms with Gasteiger partial charge in [-0.15, -0.1) is 0 Å². The lowest BCUT2D eigenvalue weighted by molar-refractivity contribution is -0.138. The number of benzene rings is 1. The van der Waals surface area contributed by atoms with Crippen molar-refractivity contribution in [2.45, 2.75) is 25.9 Å². The van der Waals surface area contributed by atoms with Crippen LogP contribution in [-0.2, 0) is 21.6 Å². The number of amides is 2. The Hall–Kier alpha value is -2.18. The number of anilines is 1. The Morgan fingerprint density at radius 3 is 2.88 bits per heavy atom. The highest BCUT2D eigenvalue weighted by Gasteiger charge is 2.31. The van der Waals surface area contributed by atoms with Crippen molar-refractivity contribution < 1.29 is 14.7 Å². The summed E-state index contributed by atoms with van der Waals surface area (Å²) in [5, 5.41) is 16.7. The van der Waals surface area contributed by atoms with E-state index in [1.807, 2.05) is 35.9 Å². The summed E-state index contributed by atoms with van der Waals surface area (Å²) in [7, 11) is 0. The van der Waals surface area contributed by atoms with E-state index in [9.17, 15) is 14.7 Å². The number of fused-ring (bicyclic) bond motifs is 1. The van der Waals surface area contributed by atoms with Crippen molar-refractivity contribution in [1.82, 2.24) is 5.32 Å². The fourth-order valence-electron chi connectivity index (χ4n) is 2.94. The van der Waals surface area contributed by atoms with E-state index in [4.69, 9.17) is 0 Å². The Balaban J connectivity index is 1.67. The molecule has 0 radical (unpaired) electrons. The van der Waals surface area contributed by atoms with Crippen molar-refractivity contribution in [2.24, 2.45) is 0 Å². The van der Waals surface area contributed by atoms with Crippen LogP contribution in [0.4, 0.5) is 5.69 Å². The van der Waals surface area contributed by atoms with Crippen LogP contribution in [0.15, 0.2) is 35.0 Å². The first-order valence-corrected chi connectivity index (χ1v) is 8.77. The molecule has 0 bridgehead atoms. The minimum atomic E-state index is -1.20. The first-order valence-electron chi connectivity index (χ1n) is 7.83. The van der Waals surface area contributed by atoms with Crippen LogP contribution in [-0.4, -0.2) is 30.0 Å². The third-order valence-electron chi connectivity index (χ3n) is 4.44. The van der Waals surface area contributed by atoms with E-state index in [0.29, 0.717) is 6.54 Å². The maximum Gasteiger partial charge on any atom is 0.316 e. The monoisotopic (exact) mass is 344 g/mol. The highest BCUT2D eigenvalue weighted by molar-refractivity contribution is 7.08. The van der Waals surface area contributed by atoms with Gasteiger partial charge in [0.2, 0.25) is 0 Å². The molecule has 0 spiro atoms.